The minimum absolute atomic E-state index is 0.314. The summed E-state index contributed by atoms with van der Waals surface area (Å²) in [5.41, 5.74) is 9.18. The maximum atomic E-state index is 13.0. The predicted molar refractivity (Wildman–Crippen MR) is 118 cm³/mol. The summed E-state index contributed by atoms with van der Waals surface area (Å²) in [5, 5.41) is 4.26. The molecule has 4 rings (SSSR count). The fourth-order valence-electron chi connectivity index (χ4n) is 3.73. The molecule has 0 fully saturated rings. The van der Waals surface area contributed by atoms with Gasteiger partial charge in [0.25, 0.3) is 5.91 Å². The van der Waals surface area contributed by atoms with Gasteiger partial charge in [0.05, 0.1) is 18.4 Å². The third kappa shape index (κ3) is 3.62. The van der Waals surface area contributed by atoms with Gasteiger partial charge in [-0.1, -0.05) is 13.3 Å². The number of rotatable bonds is 5. The monoisotopic (exact) mass is 429 g/mol. The zero-order valence-electron chi connectivity index (χ0n) is 16.5. The lowest BCUT2D eigenvalue weighted by atomic mass is 9.95. The molecular weight excluding hydrogens is 406 g/mol. The van der Waals surface area contributed by atoms with Crippen molar-refractivity contribution < 1.29 is 14.3 Å². The first-order chi connectivity index (χ1) is 14.0. The number of nitrogens with two attached hydrogens (primary N) is 1. The lowest BCUT2D eigenvalue weighted by molar-refractivity contribution is 0.0601. The summed E-state index contributed by atoms with van der Waals surface area (Å²) in [5.74, 6) is -0.721. The molecule has 3 heterocycles. The Morgan fingerprint density at radius 2 is 2.03 bits per heavy atom. The zero-order valence-corrected chi connectivity index (χ0v) is 18.1. The normalized spacial score (nSPS) is 13.3. The molecular formula is C21H23N3O3S2. The number of carbonyl (C=O) groups is 2. The highest BCUT2D eigenvalue weighted by Crippen LogP contribution is 2.40. The van der Waals surface area contributed by atoms with Crippen molar-refractivity contribution in [1.82, 2.24) is 4.98 Å². The lowest BCUT2D eigenvalue weighted by Gasteiger charge is -2.11. The number of amides is 1. The van der Waals surface area contributed by atoms with E-state index in [9.17, 15) is 9.59 Å². The Morgan fingerprint density at radius 1 is 1.24 bits per heavy atom. The molecule has 8 heteroatoms. The first-order valence-electron chi connectivity index (χ1n) is 9.75. The smallest absolute Gasteiger partial charge is 0.341 e. The van der Waals surface area contributed by atoms with E-state index in [2.05, 4.69) is 17.2 Å². The van der Waals surface area contributed by atoms with Crippen molar-refractivity contribution in [2.45, 2.75) is 45.4 Å². The Morgan fingerprint density at radius 3 is 2.79 bits per heavy atom. The molecule has 1 amide bonds. The highest BCUT2D eigenvalue weighted by atomic mass is 32.1. The van der Waals surface area contributed by atoms with Crippen molar-refractivity contribution in [3.8, 4) is 0 Å². The van der Waals surface area contributed by atoms with E-state index in [1.807, 2.05) is 12.1 Å². The van der Waals surface area contributed by atoms with Crippen LogP contribution in [0.25, 0.3) is 10.2 Å². The number of hydrogen-bond donors (Lipinski definition) is 2. The van der Waals surface area contributed by atoms with Gasteiger partial charge in [-0.3, -0.25) is 4.79 Å². The molecule has 1 aliphatic carbocycles. The number of carbonyl (C=O) groups excluding carboxylic acids is 2. The molecule has 1 aliphatic rings. The zero-order chi connectivity index (χ0) is 20.5. The van der Waals surface area contributed by atoms with Crippen LogP contribution in [0.3, 0.4) is 0 Å². The van der Waals surface area contributed by atoms with Crippen LogP contribution in [-0.4, -0.2) is 24.0 Å². The van der Waals surface area contributed by atoms with Crippen molar-refractivity contribution in [3.63, 3.8) is 0 Å². The Balaban J connectivity index is 1.69. The van der Waals surface area contributed by atoms with E-state index < -0.39 is 5.97 Å². The number of nitrogens with zero attached hydrogens (tertiary/aromatic N) is 1. The third-order valence-electron chi connectivity index (χ3n) is 5.15. The molecule has 0 aromatic carbocycles. The van der Waals surface area contributed by atoms with Crippen molar-refractivity contribution in [1.29, 1.82) is 0 Å². The molecule has 0 saturated carbocycles. The molecule has 3 aromatic heterocycles. The molecule has 6 nitrogen and oxygen atoms in total. The van der Waals surface area contributed by atoms with Crippen LogP contribution in [0.1, 0.15) is 62.4 Å². The molecule has 0 unspecified atom stereocenters. The van der Waals surface area contributed by atoms with Gasteiger partial charge >= 0.3 is 5.97 Å². The lowest BCUT2D eigenvalue weighted by Crippen LogP contribution is -2.15. The van der Waals surface area contributed by atoms with E-state index in [0.717, 1.165) is 64.9 Å². The second kappa shape index (κ2) is 8.12. The second-order valence-corrected chi connectivity index (χ2v) is 9.22. The molecule has 3 N–H and O–H groups in total. The maximum absolute atomic E-state index is 13.0. The number of esters is 1. The van der Waals surface area contributed by atoms with E-state index >= 15 is 0 Å². The predicted octanol–water partition coefficient (Wildman–Crippen LogP) is 4.81. The van der Waals surface area contributed by atoms with Gasteiger partial charge < -0.3 is 15.8 Å². The molecule has 152 valence electrons. The summed E-state index contributed by atoms with van der Waals surface area (Å²) < 4.78 is 4.98. The highest BCUT2D eigenvalue weighted by Gasteiger charge is 2.28. The molecule has 29 heavy (non-hydrogen) atoms. The fraction of sp³-hybridized carbons (Fsp3) is 0.381. The number of hydrogen-bond acceptors (Lipinski definition) is 7. The topological polar surface area (TPSA) is 94.3 Å². The second-order valence-electron chi connectivity index (χ2n) is 7.11. The number of nitrogens with one attached hydrogen (secondary N) is 1. The van der Waals surface area contributed by atoms with Gasteiger partial charge in [-0.05, 0) is 49.8 Å². The van der Waals surface area contributed by atoms with Gasteiger partial charge in [0.2, 0.25) is 0 Å². The fourth-order valence-corrected chi connectivity index (χ4v) is 6.01. The van der Waals surface area contributed by atoms with Crippen LogP contribution in [0.5, 0.6) is 0 Å². The standard InChI is InChI=1S/C21H23N3O3S2/c1-3-6-11-9-10-13-16(22)17(29-19(13)23-11)18(25)24-20-15(21(26)27-2)12-7-4-5-8-14(12)28-20/h9-10H,3-8,22H2,1-2H3,(H,24,25). The Kier molecular flexibility index (Phi) is 5.56. The van der Waals surface area contributed by atoms with Crippen molar-refractivity contribution in [2.24, 2.45) is 0 Å². The van der Waals surface area contributed by atoms with Crippen LogP contribution in [0, 0.1) is 0 Å². The van der Waals surface area contributed by atoms with Crippen LogP contribution in [0.4, 0.5) is 10.7 Å². The molecule has 0 bridgehead atoms. The summed E-state index contributed by atoms with van der Waals surface area (Å²) in [6.45, 7) is 2.10. The summed E-state index contributed by atoms with van der Waals surface area (Å²) in [7, 11) is 1.37. The number of aromatic nitrogens is 1. The van der Waals surface area contributed by atoms with Gasteiger partial charge in [0.1, 0.15) is 14.7 Å². The van der Waals surface area contributed by atoms with E-state index in [1.54, 1.807) is 0 Å². The van der Waals surface area contributed by atoms with Crippen LogP contribution < -0.4 is 11.1 Å². The number of aryl methyl sites for hydroxylation is 2. The first-order valence-corrected chi connectivity index (χ1v) is 11.4. The molecule has 0 radical (unpaired) electrons. The van der Waals surface area contributed by atoms with Crippen LogP contribution in [0.15, 0.2) is 12.1 Å². The van der Waals surface area contributed by atoms with Gasteiger partial charge in [0.15, 0.2) is 0 Å². The number of nitrogen functional groups attached to an aromatic ring is 1. The molecule has 0 atom stereocenters. The Labute approximate surface area is 177 Å². The van der Waals surface area contributed by atoms with Crippen molar-refractivity contribution in [2.75, 3.05) is 18.2 Å². The number of fused-ring (bicyclic) bond motifs is 2. The van der Waals surface area contributed by atoms with Crippen LogP contribution >= 0.6 is 22.7 Å². The summed E-state index contributed by atoms with van der Waals surface area (Å²) in [6.07, 6.45) is 5.79. The molecule has 0 aliphatic heterocycles. The molecule has 0 spiro atoms. The minimum Gasteiger partial charge on any atom is -0.465 e. The number of anilines is 2. The summed E-state index contributed by atoms with van der Waals surface area (Å²) >= 11 is 2.75. The van der Waals surface area contributed by atoms with Gasteiger partial charge in [-0.25, -0.2) is 9.78 Å². The van der Waals surface area contributed by atoms with Gasteiger partial charge in [-0.15, -0.1) is 22.7 Å². The quantitative estimate of drug-likeness (QED) is 0.568. The first kappa shape index (κ1) is 19.8. The minimum atomic E-state index is -0.408. The van der Waals surface area contributed by atoms with Crippen molar-refractivity contribution >= 4 is 55.5 Å². The number of thiophene rings is 2. The average molecular weight is 430 g/mol. The highest BCUT2D eigenvalue weighted by molar-refractivity contribution is 7.21. The average Bonchev–Trinajstić information content (AvgIpc) is 3.25. The molecule has 3 aromatic rings. The van der Waals surface area contributed by atoms with E-state index in [4.69, 9.17) is 10.5 Å². The van der Waals surface area contributed by atoms with Crippen LogP contribution in [-0.2, 0) is 24.0 Å². The number of methoxy groups -OCH3 is 1. The van der Waals surface area contributed by atoms with E-state index in [0.29, 0.717) is 21.1 Å². The van der Waals surface area contributed by atoms with Crippen molar-refractivity contribution in [3.05, 3.63) is 38.7 Å². The largest absolute Gasteiger partial charge is 0.465 e. The van der Waals surface area contributed by atoms with Gasteiger partial charge in [-0.2, -0.15) is 0 Å². The Hall–Kier alpha value is -2.45. The van der Waals surface area contributed by atoms with Crippen LogP contribution in [0.2, 0.25) is 0 Å². The Bertz CT molecular complexity index is 1100. The number of ether oxygens (including phenoxy) is 1. The van der Waals surface area contributed by atoms with Gasteiger partial charge in [0, 0.05) is 16.0 Å². The third-order valence-corrected chi connectivity index (χ3v) is 7.47. The molecule has 0 saturated heterocycles. The summed E-state index contributed by atoms with van der Waals surface area (Å²) in [6, 6.07) is 3.89. The van der Waals surface area contributed by atoms with E-state index in [-0.39, 0.29) is 5.91 Å². The van der Waals surface area contributed by atoms with E-state index in [1.165, 1.54) is 29.8 Å². The SMILES string of the molecule is CCCc1ccc2c(N)c(C(=O)Nc3sc4c(c3C(=O)OC)CCCC4)sc2n1. The maximum Gasteiger partial charge on any atom is 0.341 e. The summed E-state index contributed by atoms with van der Waals surface area (Å²) in [4.78, 5) is 32.4. The number of pyridine rings is 1.